The molecule has 0 fully saturated rings. The highest BCUT2D eigenvalue weighted by molar-refractivity contribution is 7.62. The van der Waals surface area contributed by atoms with Gasteiger partial charge in [0.25, 0.3) is 0 Å². The van der Waals surface area contributed by atoms with Crippen molar-refractivity contribution in [3.8, 4) is 0 Å². The van der Waals surface area contributed by atoms with E-state index in [1.807, 2.05) is 0 Å². The van der Waals surface area contributed by atoms with Crippen LogP contribution < -0.4 is 5.30 Å². The van der Waals surface area contributed by atoms with Crippen molar-refractivity contribution in [1.82, 2.24) is 0 Å². The Balaban J connectivity index is 2.92. The fourth-order valence-electron chi connectivity index (χ4n) is 1.58. The van der Waals surface area contributed by atoms with E-state index in [2.05, 4.69) is 0 Å². The SMILES string of the molecule is COP(=O)(OC)c1cccc(C=CC(=O)OC(C)(C)C)c1. The van der Waals surface area contributed by atoms with Crippen molar-refractivity contribution in [3.05, 3.63) is 35.9 Å². The Morgan fingerprint density at radius 1 is 1.19 bits per heavy atom. The number of hydrogen-bond acceptors (Lipinski definition) is 5. The molecule has 0 aliphatic rings. The summed E-state index contributed by atoms with van der Waals surface area (Å²) >= 11 is 0. The van der Waals surface area contributed by atoms with E-state index >= 15 is 0 Å². The summed E-state index contributed by atoms with van der Waals surface area (Å²) in [7, 11) is -0.638. The third-order valence-corrected chi connectivity index (χ3v) is 4.36. The molecule has 0 radical (unpaired) electrons. The molecule has 0 N–H and O–H groups in total. The second-order valence-electron chi connectivity index (χ2n) is 5.32. The fraction of sp³-hybridized carbons (Fsp3) is 0.400. The van der Waals surface area contributed by atoms with E-state index in [1.165, 1.54) is 20.3 Å². The monoisotopic (exact) mass is 312 g/mol. The number of carbonyl (C=O) groups is 1. The van der Waals surface area contributed by atoms with E-state index in [-0.39, 0.29) is 0 Å². The lowest BCUT2D eigenvalue weighted by atomic mass is 10.2. The Morgan fingerprint density at radius 3 is 2.33 bits per heavy atom. The largest absolute Gasteiger partial charge is 0.457 e. The Bertz CT molecular complexity index is 564. The van der Waals surface area contributed by atoms with Crippen molar-refractivity contribution >= 4 is 24.9 Å². The van der Waals surface area contributed by atoms with Crippen LogP contribution in [0.3, 0.4) is 0 Å². The van der Waals surface area contributed by atoms with E-state index in [4.69, 9.17) is 13.8 Å². The van der Waals surface area contributed by atoms with Crippen LogP contribution in [0.4, 0.5) is 0 Å². The second kappa shape index (κ2) is 7.03. The van der Waals surface area contributed by atoms with Gasteiger partial charge in [-0.25, -0.2) is 4.79 Å². The molecule has 1 rings (SSSR count). The zero-order valence-electron chi connectivity index (χ0n) is 13.0. The lowest BCUT2D eigenvalue weighted by Crippen LogP contribution is -2.22. The average molecular weight is 312 g/mol. The van der Waals surface area contributed by atoms with Gasteiger partial charge in [-0.3, -0.25) is 4.57 Å². The van der Waals surface area contributed by atoms with Crippen molar-refractivity contribution in [1.29, 1.82) is 0 Å². The zero-order valence-corrected chi connectivity index (χ0v) is 13.8. The van der Waals surface area contributed by atoms with Crippen LogP contribution in [0.15, 0.2) is 30.3 Å². The molecular formula is C15H21O5P. The van der Waals surface area contributed by atoms with E-state index in [0.29, 0.717) is 10.9 Å². The van der Waals surface area contributed by atoms with Gasteiger partial charge in [0.1, 0.15) is 5.60 Å². The van der Waals surface area contributed by atoms with Crippen molar-refractivity contribution in [3.63, 3.8) is 0 Å². The van der Waals surface area contributed by atoms with Gasteiger partial charge in [-0.05, 0) is 44.5 Å². The van der Waals surface area contributed by atoms with Gasteiger partial charge in [0.15, 0.2) is 0 Å². The molecule has 0 atom stereocenters. The highest BCUT2D eigenvalue weighted by Crippen LogP contribution is 2.45. The molecule has 0 bridgehead atoms. The smallest absolute Gasteiger partial charge is 0.360 e. The Hall–Kier alpha value is -1.42. The second-order valence-corrected chi connectivity index (χ2v) is 7.57. The van der Waals surface area contributed by atoms with Gasteiger partial charge in [0.05, 0.1) is 5.30 Å². The molecule has 0 saturated heterocycles. The van der Waals surface area contributed by atoms with Crippen LogP contribution in [0.5, 0.6) is 0 Å². The Labute approximate surface area is 125 Å². The number of benzene rings is 1. The van der Waals surface area contributed by atoms with E-state index in [1.54, 1.807) is 51.1 Å². The fourth-order valence-corrected chi connectivity index (χ4v) is 2.73. The first-order valence-corrected chi connectivity index (χ1v) is 7.97. The van der Waals surface area contributed by atoms with E-state index < -0.39 is 19.2 Å². The molecule has 6 heteroatoms. The molecule has 5 nitrogen and oxygen atoms in total. The van der Waals surface area contributed by atoms with Crippen LogP contribution in [0.2, 0.25) is 0 Å². The van der Waals surface area contributed by atoms with Gasteiger partial charge in [-0.1, -0.05) is 12.1 Å². The molecule has 0 heterocycles. The van der Waals surface area contributed by atoms with Crippen LogP contribution in [-0.4, -0.2) is 25.8 Å². The number of esters is 1. The molecule has 21 heavy (non-hydrogen) atoms. The number of rotatable bonds is 5. The maximum atomic E-state index is 12.3. The molecule has 0 aromatic heterocycles. The molecule has 0 unspecified atom stereocenters. The van der Waals surface area contributed by atoms with E-state index in [9.17, 15) is 9.36 Å². The predicted octanol–water partition coefficient (Wildman–Crippen LogP) is 3.15. The minimum Gasteiger partial charge on any atom is -0.457 e. The Kier molecular flexibility index (Phi) is 5.90. The third-order valence-electron chi connectivity index (χ3n) is 2.49. The Morgan fingerprint density at radius 2 is 1.81 bits per heavy atom. The van der Waals surface area contributed by atoms with E-state index in [0.717, 1.165) is 0 Å². The summed E-state index contributed by atoms with van der Waals surface area (Å²) in [6, 6.07) is 6.79. The first-order valence-electron chi connectivity index (χ1n) is 6.43. The molecule has 0 aliphatic carbocycles. The van der Waals surface area contributed by atoms with Crippen LogP contribution in [0.1, 0.15) is 26.3 Å². The van der Waals surface area contributed by atoms with Gasteiger partial charge in [-0.2, -0.15) is 0 Å². The number of ether oxygens (including phenoxy) is 1. The van der Waals surface area contributed by atoms with Gasteiger partial charge >= 0.3 is 13.6 Å². The van der Waals surface area contributed by atoms with Crippen molar-refractivity contribution in [2.75, 3.05) is 14.2 Å². The van der Waals surface area contributed by atoms with Crippen molar-refractivity contribution in [2.24, 2.45) is 0 Å². The molecule has 116 valence electrons. The van der Waals surface area contributed by atoms with Crippen LogP contribution >= 0.6 is 7.60 Å². The minimum absolute atomic E-state index is 0.429. The first kappa shape index (κ1) is 17.6. The summed E-state index contributed by atoms with van der Waals surface area (Å²) in [6.07, 6.45) is 2.92. The summed E-state index contributed by atoms with van der Waals surface area (Å²) in [4.78, 5) is 11.6. The summed E-state index contributed by atoms with van der Waals surface area (Å²) in [5.41, 5.74) is 0.165. The summed E-state index contributed by atoms with van der Waals surface area (Å²) < 4.78 is 27.3. The van der Waals surface area contributed by atoms with Crippen molar-refractivity contribution in [2.45, 2.75) is 26.4 Å². The predicted molar refractivity (Wildman–Crippen MR) is 82.6 cm³/mol. The third kappa shape index (κ3) is 5.46. The standard InChI is InChI=1S/C15H21O5P/c1-15(2,3)20-14(16)10-9-12-7-6-8-13(11-12)21(17,18-4)19-5/h6-11H,1-5H3. The maximum absolute atomic E-state index is 12.3. The molecule has 0 saturated carbocycles. The highest BCUT2D eigenvalue weighted by Gasteiger charge is 2.24. The quantitative estimate of drug-likeness (QED) is 0.475. The molecule has 1 aromatic rings. The summed E-state index contributed by atoms with van der Waals surface area (Å²) in [5, 5.41) is 0.429. The summed E-state index contributed by atoms with van der Waals surface area (Å²) in [5.74, 6) is -0.436. The van der Waals surface area contributed by atoms with Crippen LogP contribution in [0, 0.1) is 0 Å². The number of carbonyl (C=O) groups excluding carboxylic acids is 1. The lowest BCUT2D eigenvalue weighted by molar-refractivity contribution is -0.148. The zero-order chi connectivity index (χ0) is 16.1. The van der Waals surface area contributed by atoms with Gasteiger partial charge in [-0.15, -0.1) is 0 Å². The van der Waals surface area contributed by atoms with Crippen LogP contribution in [-0.2, 0) is 23.1 Å². The molecule has 0 spiro atoms. The normalized spacial score (nSPS) is 12.6. The highest BCUT2D eigenvalue weighted by atomic mass is 31.2. The minimum atomic E-state index is -3.29. The first-order chi connectivity index (χ1) is 9.70. The molecule has 0 aliphatic heterocycles. The molecular weight excluding hydrogens is 291 g/mol. The van der Waals surface area contributed by atoms with Crippen molar-refractivity contribution < 1.29 is 23.1 Å². The molecule has 0 amide bonds. The average Bonchev–Trinajstić information content (AvgIpc) is 2.43. The lowest BCUT2D eigenvalue weighted by Gasteiger charge is -2.18. The van der Waals surface area contributed by atoms with Crippen LogP contribution in [0.25, 0.3) is 6.08 Å². The summed E-state index contributed by atoms with van der Waals surface area (Å²) in [6.45, 7) is 5.40. The number of hydrogen-bond donors (Lipinski definition) is 0. The van der Waals surface area contributed by atoms with Gasteiger partial charge in [0.2, 0.25) is 0 Å². The van der Waals surface area contributed by atoms with Gasteiger partial charge < -0.3 is 13.8 Å². The molecule has 1 aromatic carbocycles. The maximum Gasteiger partial charge on any atom is 0.360 e. The topological polar surface area (TPSA) is 61.8 Å². The van der Waals surface area contributed by atoms with Gasteiger partial charge in [0, 0.05) is 20.3 Å².